The minimum Gasteiger partial charge on any atom is -0.273 e. The van der Waals surface area contributed by atoms with Crippen molar-refractivity contribution < 1.29 is 14.4 Å². The zero-order valence-corrected chi connectivity index (χ0v) is 19.0. The lowest BCUT2D eigenvalue weighted by atomic mass is 9.90. The molecule has 8 heteroatoms. The molecule has 3 aromatic carbocycles. The highest BCUT2D eigenvalue weighted by Gasteiger charge is 2.60. The predicted octanol–water partition coefficient (Wildman–Crippen LogP) is 5.81. The maximum Gasteiger partial charge on any atom is 0.266 e. The van der Waals surface area contributed by atoms with Crippen molar-refractivity contribution in [3.8, 4) is 0 Å². The molecule has 0 unspecified atom stereocenters. The zero-order valence-electron chi connectivity index (χ0n) is 15.9. The lowest BCUT2D eigenvalue weighted by Gasteiger charge is -2.29. The molecule has 0 N–H and O–H groups in total. The number of amides is 2. The van der Waals surface area contributed by atoms with E-state index in [9.17, 15) is 9.59 Å². The van der Waals surface area contributed by atoms with Crippen LogP contribution in [0.2, 0.25) is 10.0 Å². The summed E-state index contributed by atoms with van der Waals surface area (Å²) >= 11 is 16.0. The Kier molecular flexibility index (Phi) is 5.26. The van der Waals surface area contributed by atoms with Crippen molar-refractivity contribution in [3.05, 3.63) is 92.9 Å². The quantitative estimate of drug-likeness (QED) is 0.411. The van der Waals surface area contributed by atoms with Crippen LogP contribution >= 0.6 is 39.1 Å². The van der Waals surface area contributed by atoms with Gasteiger partial charge in [0.15, 0.2) is 6.10 Å². The number of imide groups is 1. The third-order valence-corrected chi connectivity index (χ3v) is 6.53. The van der Waals surface area contributed by atoms with Gasteiger partial charge in [-0.15, -0.1) is 0 Å². The van der Waals surface area contributed by atoms with Gasteiger partial charge in [0.1, 0.15) is 5.92 Å². The molecule has 3 aromatic rings. The third kappa shape index (κ3) is 3.44. The summed E-state index contributed by atoms with van der Waals surface area (Å²) in [5, 5.41) is 2.50. The summed E-state index contributed by atoms with van der Waals surface area (Å²) in [7, 11) is 0. The SMILES string of the molecule is O=C1[C@@H]2[C@@H](c3ccc(Cl)cc3Cl)N(c3ccccc3)O[C@H]2C(=O)N1c1cccc(Br)c1. The van der Waals surface area contributed by atoms with Crippen LogP contribution in [0.5, 0.6) is 0 Å². The Hall–Kier alpha value is -2.38. The molecule has 0 aliphatic carbocycles. The molecule has 2 amide bonds. The number of anilines is 2. The maximum atomic E-state index is 13.6. The molecule has 156 valence electrons. The van der Waals surface area contributed by atoms with E-state index in [0.717, 1.165) is 10.2 Å². The van der Waals surface area contributed by atoms with Gasteiger partial charge in [0.05, 0.1) is 17.4 Å². The van der Waals surface area contributed by atoms with Gasteiger partial charge >= 0.3 is 0 Å². The van der Waals surface area contributed by atoms with Crippen LogP contribution in [0.25, 0.3) is 0 Å². The maximum absolute atomic E-state index is 13.6. The molecule has 2 aliphatic rings. The Labute approximate surface area is 197 Å². The summed E-state index contributed by atoms with van der Waals surface area (Å²) in [6.07, 6.45) is -0.955. The van der Waals surface area contributed by atoms with E-state index in [1.54, 1.807) is 41.5 Å². The third-order valence-electron chi connectivity index (χ3n) is 5.47. The van der Waals surface area contributed by atoms with Crippen LogP contribution in [0.1, 0.15) is 11.6 Å². The number of hydroxylamine groups is 1. The van der Waals surface area contributed by atoms with E-state index < -0.39 is 24.0 Å². The van der Waals surface area contributed by atoms with Crippen molar-refractivity contribution in [2.45, 2.75) is 12.1 Å². The van der Waals surface area contributed by atoms with Gasteiger partial charge in [-0.25, -0.2) is 9.96 Å². The average molecular weight is 518 g/mol. The van der Waals surface area contributed by atoms with Crippen molar-refractivity contribution in [2.24, 2.45) is 5.92 Å². The molecule has 5 nitrogen and oxygen atoms in total. The van der Waals surface area contributed by atoms with E-state index in [0.29, 0.717) is 21.3 Å². The number of benzene rings is 3. The molecule has 0 saturated carbocycles. The van der Waals surface area contributed by atoms with Crippen molar-refractivity contribution in [2.75, 3.05) is 9.96 Å². The van der Waals surface area contributed by atoms with Crippen LogP contribution in [0, 0.1) is 5.92 Å². The van der Waals surface area contributed by atoms with Crippen LogP contribution in [0.15, 0.2) is 77.3 Å². The fourth-order valence-electron chi connectivity index (χ4n) is 4.14. The van der Waals surface area contributed by atoms with Gasteiger partial charge in [0, 0.05) is 14.5 Å². The Bertz CT molecular complexity index is 1190. The molecule has 0 radical (unpaired) electrons. The van der Waals surface area contributed by atoms with Crippen LogP contribution in [0.3, 0.4) is 0 Å². The second-order valence-electron chi connectivity index (χ2n) is 7.32. The van der Waals surface area contributed by atoms with E-state index in [-0.39, 0.29) is 5.91 Å². The van der Waals surface area contributed by atoms with Crippen molar-refractivity contribution in [1.29, 1.82) is 0 Å². The lowest BCUT2D eigenvalue weighted by Crippen LogP contribution is -2.37. The predicted molar refractivity (Wildman–Crippen MR) is 123 cm³/mol. The molecule has 2 saturated heterocycles. The number of hydrogen-bond donors (Lipinski definition) is 0. The minimum atomic E-state index is -0.955. The van der Waals surface area contributed by atoms with Crippen molar-refractivity contribution >= 4 is 62.3 Å². The summed E-state index contributed by atoms with van der Waals surface area (Å²) in [5.41, 5.74) is 1.89. The molecule has 0 bridgehead atoms. The molecule has 2 aliphatic heterocycles. The first-order valence-electron chi connectivity index (χ1n) is 9.55. The number of fused-ring (bicyclic) bond motifs is 1. The Morgan fingerprint density at radius 1 is 0.839 bits per heavy atom. The molecule has 0 aromatic heterocycles. The Morgan fingerprint density at radius 2 is 1.58 bits per heavy atom. The molecule has 2 fully saturated rings. The molecule has 2 heterocycles. The molecular weight excluding hydrogens is 503 g/mol. The fraction of sp³-hybridized carbons (Fsp3) is 0.130. The summed E-state index contributed by atoms with van der Waals surface area (Å²) < 4.78 is 0.770. The summed E-state index contributed by atoms with van der Waals surface area (Å²) in [4.78, 5) is 34.1. The highest BCUT2D eigenvalue weighted by Crippen LogP contribution is 2.49. The summed E-state index contributed by atoms with van der Waals surface area (Å²) in [6.45, 7) is 0. The first-order chi connectivity index (χ1) is 15.0. The summed E-state index contributed by atoms with van der Waals surface area (Å²) in [5.74, 6) is -1.49. The normalized spacial score (nSPS) is 22.9. The minimum absolute atomic E-state index is 0.331. The van der Waals surface area contributed by atoms with Crippen molar-refractivity contribution in [3.63, 3.8) is 0 Å². The lowest BCUT2D eigenvalue weighted by molar-refractivity contribution is -0.126. The topological polar surface area (TPSA) is 49.9 Å². The number of halogens is 3. The number of hydrogen-bond acceptors (Lipinski definition) is 4. The molecule has 3 atom stereocenters. The number of carbonyl (C=O) groups is 2. The van der Waals surface area contributed by atoms with Gasteiger partial charge in [-0.1, -0.05) is 69.5 Å². The van der Waals surface area contributed by atoms with E-state index in [1.807, 2.05) is 36.4 Å². The second kappa shape index (κ2) is 7.95. The first kappa shape index (κ1) is 20.5. The monoisotopic (exact) mass is 516 g/mol. The number of rotatable bonds is 3. The van der Waals surface area contributed by atoms with Crippen LogP contribution < -0.4 is 9.96 Å². The van der Waals surface area contributed by atoms with Crippen LogP contribution in [0.4, 0.5) is 11.4 Å². The summed E-state index contributed by atoms with van der Waals surface area (Å²) in [6, 6.07) is 20.9. The first-order valence-corrected chi connectivity index (χ1v) is 11.1. The molecule has 5 rings (SSSR count). The van der Waals surface area contributed by atoms with Gasteiger partial charge in [0.2, 0.25) is 5.91 Å². The molecule has 31 heavy (non-hydrogen) atoms. The zero-order chi connectivity index (χ0) is 21.7. The largest absolute Gasteiger partial charge is 0.273 e. The average Bonchev–Trinajstić information content (AvgIpc) is 3.25. The smallest absolute Gasteiger partial charge is 0.266 e. The van der Waals surface area contributed by atoms with E-state index >= 15 is 0 Å². The number of para-hydroxylation sites is 1. The van der Waals surface area contributed by atoms with Gasteiger partial charge < -0.3 is 0 Å². The van der Waals surface area contributed by atoms with Crippen LogP contribution in [-0.2, 0) is 14.4 Å². The van der Waals surface area contributed by atoms with Crippen LogP contribution in [-0.4, -0.2) is 17.9 Å². The highest BCUT2D eigenvalue weighted by atomic mass is 79.9. The highest BCUT2D eigenvalue weighted by molar-refractivity contribution is 9.10. The standard InChI is InChI=1S/C23H15BrCl2N2O3/c24-13-5-4-8-16(11-13)27-22(29)19-20(17-10-9-14(25)12-18(17)26)28(31-21(19)23(27)30)15-6-2-1-3-7-15/h1-12,19-21H/t19-,20-,21-/m1/s1. The van der Waals surface area contributed by atoms with Gasteiger partial charge in [-0.3, -0.25) is 14.4 Å². The van der Waals surface area contributed by atoms with E-state index in [1.165, 1.54) is 4.90 Å². The van der Waals surface area contributed by atoms with Gasteiger partial charge in [-0.2, -0.15) is 0 Å². The fourth-order valence-corrected chi connectivity index (χ4v) is 5.05. The Morgan fingerprint density at radius 3 is 2.29 bits per heavy atom. The molecule has 0 spiro atoms. The number of nitrogens with zero attached hydrogens (tertiary/aromatic N) is 2. The molecular formula is C23H15BrCl2N2O3. The van der Waals surface area contributed by atoms with Gasteiger partial charge in [-0.05, 0) is 48.0 Å². The van der Waals surface area contributed by atoms with Crippen molar-refractivity contribution in [1.82, 2.24) is 0 Å². The number of carbonyl (C=O) groups excluding carboxylic acids is 2. The van der Waals surface area contributed by atoms with Gasteiger partial charge in [0.25, 0.3) is 5.91 Å². The Balaban J connectivity index is 1.62. The second-order valence-corrected chi connectivity index (χ2v) is 9.07. The van der Waals surface area contributed by atoms with E-state index in [2.05, 4.69) is 15.9 Å². The van der Waals surface area contributed by atoms with E-state index in [4.69, 9.17) is 28.0 Å².